The van der Waals surface area contributed by atoms with Crippen LogP contribution in [0.15, 0.2) is 21.3 Å². The van der Waals surface area contributed by atoms with Crippen LogP contribution in [-0.4, -0.2) is 34.0 Å². The molecule has 2 aromatic heterocycles. The van der Waals surface area contributed by atoms with Crippen molar-refractivity contribution in [2.24, 2.45) is 0 Å². The van der Waals surface area contributed by atoms with Gasteiger partial charge in [-0.1, -0.05) is 5.16 Å². The number of piperidine rings is 1. The van der Waals surface area contributed by atoms with E-state index in [1.54, 1.807) is 13.0 Å². The van der Waals surface area contributed by atoms with Crippen molar-refractivity contribution in [3.63, 3.8) is 0 Å². The molecule has 1 saturated carbocycles. The van der Waals surface area contributed by atoms with Crippen molar-refractivity contribution in [3.05, 3.63) is 35.4 Å². The summed E-state index contributed by atoms with van der Waals surface area (Å²) < 4.78 is 25.7. The molecule has 6 nitrogen and oxygen atoms in total. The van der Waals surface area contributed by atoms with Crippen LogP contribution >= 0.6 is 0 Å². The number of halogens is 1. The lowest BCUT2D eigenvalue weighted by atomic mass is 9.94. The van der Waals surface area contributed by atoms with Crippen LogP contribution < -0.4 is 0 Å². The number of alkyl halides is 1. The van der Waals surface area contributed by atoms with Crippen LogP contribution in [0.2, 0.25) is 0 Å². The number of aromatic nitrogens is 2. The van der Waals surface area contributed by atoms with Crippen LogP contribution in [0.1, 0.15) is 59.4 Å². The van der Waals surface area contributed by atoms with E-state index in [1.807, 2.05) is 0 Å². The molecule has 0 radical (unpaired) electrons. The van der Waals surface area contributed by atoms with Crippen molar-refractivity contribution in [1.82, 2.24) is 15.0 Å². The second-order valence-electron chi connectivity index (χ2n) is 6.42. The highest BCUT2D eigenvalue weighted by molar-refractivity contribution is 5.95. The SMILES string of the molecule is Cc1occc1C(=O)N1CCC[C@@](F)(c2nc(C3CC3)no2)C1. The monoisotopic (exact) mass is 319 g/mol. The third-order valence-corrected chi connectivity index (χ3v) is 4.59. The van der Waals surface area contributed by atoms with Crippen LogP contribution in [0.5, 0.6) is 0 Å². The topological polar surface area (TPSA) is 72.4 Å². The smallest absolute Gasteiger partial charge is 0.266 e. The highest BCUT2D eigenvalue weighted by Gasteiger charge is 2.45. The first-order chi connectivity index (χ1) is 11.1. The summed E-state index contributed by atoms with van der Waals surface area (Å²) in [5.74, 6) is 1.22. The van der Waals surface area contributed by atoms with Gasteiger partial charge in [-0.25, -0.2) is 4.39 Å². The highest BCUT2D eigenvalue weighted by atomic mass is 19.1. The Hall–Kier alpha value is -2.18. The van der Waals surface area contributed by atoms with Gasteiger partial charge in [-0.3, -0.25) is 4.79 Å². The molecule has 122 valence electrons. The van der Waals surface area contributed by atoms with E-state index in [1.165, 1.54) is 11.2 Å². The Morgan fingerprint density at radius 1 is 1.48 bits per heavy atom. The fourth-order valence-electron chi connectivity index (χ4n) is 3.06. The Morgan fingerprint density at radius 2 is 2.30 bits per heavy atom. The Kier molecular flexibility index (Phi) is 3.25. The average Bonchev–Trinajstić information content (AvgIpc) is 3.10. The lowest BCUT2D eigenvalue weighted by molar-refractivity contribution is 0.0151. The zero-order chi connectivity index (χ0) is 16.0. The maximum Gasteiger partial charge on any atom is 0.266 e. The molecule has 2 fully saturated rings. The van der Waals surface area contributed by atoms with Crippen LogP contribution in [0, 0.1) is 6.92 Å². The van der Waals surface area contributed by atoms with Crippen molar-refractivity contribution in [2.75, 3.05) is 13.1 Å². The summed E-state index contributed by atoms with van der Waals surface area (Å²) >= 11 is 0. The molecule has 1 amide bonds. The molecule has 0 bridgehead atoms. The summed E-state index contributed by atoms with van der Waals surface area (Å²) in [6.45, 7) is 2.17. The first-order valence-corrected chi connectivity index (χ1v) is 7.93. The number of rotatable bonds is 3. The molecule has 0 aromatic carbocycles. The van der Waals surface area contributed by atoms with Gasteiger partial charge in [0.15, 0.2) is 5.82 Å². The highest BCUT2D eigenvalue weighted by Crippen LogP contribution is 2.41. The molecule has 2 aromatic rings. The standard InChI is InChI=1S/C16H18FN3O3/c1-10-12(5-8-22-10)14(21)20-7-2-6-16(17,9-20)15-18-13(19-23-15)11-3-4-11/h5,8,11H,2-4,6-7,9H2,1H3/t16-/m0/s1. The summed E-state index contributed by atoms with van der Waals surface area (Å²) in [5.41, 5.74) is -1.30. The van der Waals surface area contributed by atoms with Crippen molar-refractivity contribution in [2.45, 2.75) is 44.2 Å². The van der Waals surface area contributed by atoms with Gasteiger partial charge in [0.2, 0.25) is 5.67 Å². The number of likely N-dealkylation sites (tertiary alicyclic amines) is 1. The van der Waals surface area contributed by atoms with Crippen molar-refractivity contribution >= 4 is 5.91 Å². The average molecular weight is 319 g/mol. The number of aryl methyl sites for hydroxylation is 1. The van der Waals surface area contributed by atoms with Gasteiger partial charge < -0.3 is 13.8 Å². The second kappa shape index (κ2) is 5.18. The summed E-state index contributed by atoms with van der Waals surface area (Å²) in [5, 5.41) is 3.89. The third-order valence-electron chi connectivity index (χ3n) is 4.59. The Labute approximate surface area is 132 Å². The zero-order valence-electron chi connectivity index (χ0n) is 12.9. The fraction of sp³-hybridized carbons (Fsp3) is 0.562. The number of hydrogen-bond acceptors (Lipinski definition) is 5. The number of hydrogen-bond donors (Lipinski definition) is 0. The van der Waals surface area contributed by atoms with E-state index in [0.717, 1.165) is 12.8 Å². The third kappa shape index (κ3) is 2.54. The molecule has 1 aliphatic heterocycles. The molecule has 1 aliphatic carbocycles. The van der Waals surface area contributed by atoms with Crippen molar-refractivity contribution < 1.29 is 18.1 Å². The second-order valence-corrected chi connectivity index (χ2v) is 6.42. The number of nitrogens with zero attached hydrogens (tertiary/aromatic N) is 3. The minimum Gasteiger partial charge on any atom is -0.469 e. The van der Waals surface area contributed by atoms with Crippen molar-refractivity contribution in [3.8, 4) is 0 Å². The fourth-order valence-corrected chi connectivity index (χ4v) is 3.06. The predicted octanol–water partition coefficient (Wildman–Crippen LogP) is 2.95. The van der Waals surface area contributed by atoms with Crippen LogP contribution in [-0.2, 0) is 5.67 Å². The molecule has 0 unspecified atom stereocenters. The predicted molar refractivity (Wildman–Crippen MR) is 77.6 cm³/mol. The summed E-state index contributed by atoms with van der Waals surface area (Å²) in [6.07, 6.45) is 4.37. The van der Waals surface area contributed by atoms with E-state index < -0.39 is 5.67 Å². The Bertz CT molecular complexity index is 737. The van der Waals surface area contributed by atoms with E-state index >= 15 is 4.39 Å². The van der Waals surface area contributed by atoms with Crippen LogP contribution in [0.25, 0.3) is 0 Å². The quantitative estimate of drug-likeness (QED) is 0.869. The number of carbonyl (C=O) groups excluding carboxylic acids is 1. The van der Waals surface area contributed by atoms with Gasteiger partial charge in [-0.2, -0.15) is 4.98 Å². The normalized spacial score (nSPS) is 24.9. The van der Waals surface area contributed by atoms with Gasteiger partial charge in [0.05, 0.1) is 18.4 Å². The first-order valence-electron chi connectivity index (χ1n) is 7.93. The van der Waals surface area contributed by atoms with Gasteiger partial charge in [0, 0.05) is 12.5 Å². The maximum atomic E-state index is 15.3. The summed E-state index contributed by atoms with van der Waals surface area (Å²) in [6, 6.07) is 1.62. The van der Waals surface area contributed by atoms with E-state index in [-0.39, 0.29) is 24.8 Å². The van der Waals surface area contributed by atoms with Gasteiger partial charge >= 0.3 is 0 Å². The largest absolute Gasteiger partial charge is 0.469 e. The molecule has 3 heterocycles. The van der Waals surface area contributed by atoms with E-state index in [9.17, 15) is 4.79 Å². The van der Waals surface area contributed by atoms with Gasteiger partial charge in [-0.05, 0) is 38.7 Å². The van der Waals surface area contributed by atoms with Crippen molar-refractivity contribution in [1.29, 1.82) is 0 Å². The molecular formula is C16H18FN3O3. The molecule has 4 rings (SSSR count). The summed E-state index contributed by atoms with van der Waals surface area (Å²) in [4.78, 5) is 18.3. The lowest BCUT2D eigenvalue weighted by Gasteiger charge is -2.35. The molecule has 1 saturated heterocycles. The molecule has 0 spiro atoms. The number of amides is 1. The molecule has 2 aliphatic rings. The molecule has 1 atom stereocenters. The molecule has 7 heteroatoms. The maximum absolute atomic E-state index is 15.3. The number of carbonyl (C=O) groups is 1. The summed E-state index contributed by atoms with van der Waals surface area (Å²) in [7, 11) is 0. The van der Waals surface area contributed by atoms with Crippen LogP contribution in [0.4, 0.5) is 4.39 Å². The molecule has 23 heavy (non-hydrogen) atoms. The zero-order valence-corrected chi connectivity index (χ0v) is 12.9. The molecular weight excluding hydrogens is 301 g/mol. The lowest BCUT2D eigenvalue weighted by Crippen LogP contribution is -2.46. The minimum absolute atomic E-state index is 0.000755. The van der Waals surface area contributed by atoms with Gasteiger partial charge in [0.25, 0.3) is 11.8 Å². The van der Waals surface area contributed by atoms with E-state index in [2.05, 4.69) is 10.1 Å². The number of furan rings is 1. The van der Waals surface area contributed by atoms with Gasteiger partial charge in [-0.15, -0.1) is 0 Å². The van der Waals surface area contributed by atoms with Crippen LogP contribution in [0.3, 0.4) is 0 Å². The minimum atomic E-state index is -1.77. The van der Waals surface area contributed by atoms with Gasteiger partial charge in [0.1, 0.15) is 5.76 Å². The molecule has 0 N–H and O–H groups in total. The Balaban J connectivity index is 1.55. The first kappa shape index (κ1) is 14.4. The van der Waals surface area contributed by atoms with E-state index in [0.29, 0.717) is 36.0 Å². The Morgan fingerprint density at radius 3 is 3.00 bits per heavy atom. The van der Waals surface area contributed by atoms with E-state index in [4.69, 9.17) is 8.94 Å².